The number of hydrogen-bond donors (Lipinski definition) is 0. The summed E-state index contributed by atoms with van der Waals surface area (Å²) >= 11 is 3.27. The van der Waals surface area contributed by atoms with Crippen molar-refractivity contribution in [3.63, 3.8) is 0 Å². The van der Waals surface area contributed by atoms with Crippen LogP contribution in [0.5, 0.6) is 0 Å². The highest BCUT2D eigenvalue weighted by Gasteiger charge is 2.24. The molecule has 0 bridgehead atoms. The van der Waals surface area contributed by atoms with E-state index in [1.54, 1.807) is 24.3 Å². The van der Waals surface area contributed by atoms with Gasteiger partial charge < -0.3 is 0 Å². The van der Waals surface area contributed by atoms with Gasteiger partial charge in [-0.1, -0.05) is 31.2 Å². The predicted octanol–water partition coefficient (Wildman–Crippen LogP) is 3.04. The highest BCUT2D eigenvalue weighted by atomic mass is 79.9. The van der Waals surface area contributed by atoms with Gasteiger partial charge in [0.05, 0.1) is 4.90 Å². The standard InChI is InChI=1S/C12H16BrNO2S/c1-4-14(9-10(2)3)17(15,16)12-8-6-5-7-11(12)13/h5-8H,2,4,9H2,1,3H3. The second-order valence-corrected chi connectivity index (χ2v) is 6.58. The maximum absolute atomic E-state index is 12.4. The van der Waals surface area contributed by atoms with Crippen molar-refractivity contribution < 1.29 is 8.42 Å². The Balaban J connectivity index is 3.18. The molecule has 17 heavy (non-hydrogen) atoms. The molecular weight excluding hydrogens is 302 g/mol. The van der Waals surface area contributed by atoms with E-state index in [1.165, 1.54) is 4.31 Å². The summed E-state index contributed by atoms with van der Waals surface area (Å²) in [6.45, 7) is 8.16. The van der Waals surface area contributed by atoms with Crippen molar-refractivity contribution >= 4 is 26.0 Å². The third-order valence-corrected chi connectivity index (χ3v) is 5.19. The van der Waals surface area contributed by atoms with Gasteiger partial charge in [0.25, 0.3) is 0 Å². The topological polar surface area (TPSA) is 37.4 Å². The van der Waals surface area contributed by atoms with E-state index in [9.17, 15) is 8.42 Å². The third-order valence-electron chi connectivity index (χ3n) is 2.25. The zero-order valence-corrected chi connectivity index (χ0v) is 12.4. The molecule has 1 aromatic carbocycles. The van der Waals surface area contributed by atoms with E-state index in [4.69, 9.17) is 0 Å². The molecule has 0 radical (unpaired) electrons. The Bertz CT molecular complexity index is 511. The van der Waals surface area contributed by atoms with Gasteiger partial charge >= 0.3 is 0 Å². The molecule has 0 N–H and O–H groups in total. The van der Waals surface area contributed by atoms with Crippen molar-refractivity contribution in [3.8, 4) is 0 Å². The first-order valence-corrected chi connectivity index (χ1v) is 7.52. The number of sulfonamides is 1. The van der Waals surface area contributed by atoms with Crippen LogP contribution in [0.15, 0.2) is 45.8 Å². The zero-order chi connectivity index (χ0) is 13.1. The largest absolute Gasteiger partial charge is 0.244 e. The van der Waals surface area contributed by atoms with Crippen molar-refractivity contribution in [2.45, 2.75) is 18.7 Å². The van der Waals surface area contributed by atoms with Crippen LogP contribution in [0.2, 0.25) is 0 Å². The lowest BCUT2D eigenvalue weighted by molar-refractivity contribution is 0.452. The Morgan fingerprint density at radius 3 is 2.47 bits per heavy atom. The summed E-state index contributed by atoms with van der Waals surface area (Å²) in [5.74, 6) is 0. The second kappa shape index (κ2) is 5.80. The molecule has 0 fully saturated rings. The van der Waals surface area contributed by atoms with Gasteiger partial charge in [-0.3, -0.25) is 0 Å². The van der Waals surface area contributed by atoms with Crippen LogP contribution >= 0.6 is 15.9 Å². The van der Waals surface area contributed by atoms with Crippen molar-refractivity contribution in [1.29, 1.82) is 0 Å². The van der Waals surface area contributed by atoms with E-state index in [1.807, 2.05) is 13.8 Å². The second-order valence-electron chi connectivity index (χ2n) is 3.82. The van der Waals surface area contributed by atoms with Gasteiger partial charge in [-0.25, -0.2) is 8.42 Å². The Morgan fingerprint density at radius 1 is 1.41 bits per heavy atom. The highest BCUT2D eigenvalue weighted by molar-refractivity contribution is 9.10. The molecule has 0 aliphatic heterocycles. The van der Waals surface area contributed by atoms with E-state index in [2.05, 4.69) is 22.5 Å². The van der Waals surface area contributed by atoms with E-state index in [0.717, 1.165) is 5.57 Å². The van der Waals surface area contributed by atoms with Gasteiger partial charge in [0.2, 0.25) is 10.0 Å². The number of nitrogens with zero attached hydrogens (tertiary/aromatic N) is 1. The first kappa shape index (κ1) is 14.4. The smallest absolute Gasteiger partial charge is 0.207 e. The SMILES string of the molecule is C=C(C)CN(CC)S(=O)(=O)c1ccccc1Br. The monoisotopic (exact) mass is 317 g/mol. The minimum atomic E-state index is -3.45. The molecule has 0 saturated heterocycles. The molecular formula is C12H16BrNO2S. The first-order valence-electron chi connectivity index (χ1n) is 5.28. The molecule has 0 aromatic heterocycles. The maximum atomic E-state index is 12.4. The maximum Gasteiger partial charge on any atom is 0.244 e. The molecule has 0 heterocycles. The van der Waals surface area contributed by atoms with Gasteiger partial charge in [-0.05, 0) is 35.0 Å². The lowest BCUT2D eigenvalue weighted by Crippen LogP contribution is -2.32. The number of rotatable bonds is 5. The molecule has 1 aromatic rings. The summed E-state index contributed by atoms with van der Waals surface area (Å²) in [7, 11) is -3.45. The summed E-state index contributed by atoms with van der Waals surface area (Å²) in [6, 6.07) is 6.83. The average molecular weight is 318 g/mol. The van der Waals surface area contributed by atoms with E-state index < -0.39 is 10.0 Å². The van der Waals surface area contributed by atoms with E-state index in [-0.39, 0.29) is 0 Å². The third kappa shape index (κ3) is 3.40. The minimum Gasteiger partial charge on any atom is -0.207 e. The lowest BCUT2D eigenvalue weighted by Gasteiger charge is -2.21. The van der Waals surface area contributed by atoms with Crippen LogP contribution in [0.3, 0.4) is 0 Å². The minimum absolute atomic E-state index is 0.295. The van der Waals surface area contributed by atoms with Crippen LogP contribution in [-0.2, 0) is 10.0 Å². The molecule has 0 amide bonds. The molecule has 0 saturated carbocycles. The van der Waals surface area contributed by atoms with Crippen molar-refractivity contribution in [2.24, 2.45) is 0 Å². The fraction of sp³-hybridized carbons (Fsp3) is 0.333. The van der Waals surface area contributed by atoms with Crippen molar-refractivity contribution in [3.05, 3.63) is 40.9 Å². The normalized spacial score (nSPS) is 11.8. The lowest BCUT2D eigenvalue weighted by atomic mass is 10.3. The highest BCUT2D eigenvalue weighted by Crippen LogP contribution is 2.24. The summed E-state index contributed by atoms with van der Waals surface area (Å²) in [5, 5.41) is 0. The summed E-state index contributed by atoms with van der Waals surface area (Å²) < 4.78 is 26.7. The van der Waals surface area contributed by atoms with Crippen LogP contribution in [0.25, 0.3) is 0 Å². The average Bonchev–Trinajstić information content (AvgIpc) is 2.25. The van der Waals surface area contributed by atoms with Crippen molar-refractivity contribution in [1.82, 2.24) is 4.31 Å². The van der Waals surface area contributed by atoms with Crippen LogP contribution in [0.1, 0.15) is 13.8 Å². The van der Waals surface area contributed by atoms with Gasteiger partial charge in [0.15, 0.2) is 0 Å². The molecule has 3 nitrogen and oxygen atoms in total. The van der Waals surface area contributed by atoms with Crippen LogP contribution < -0.4 is 0 Å². The zero-order valence-electron chi connectivity index (χ0n) is 9.98. The van der Waals surface area contributed by atoms with Crippen LogP contribution in [-0.4, -0.2) is 25.8 Å². The molecule has 0 aliphatic rings. The van der Waals surface area contributed by atoms with Crippen LogP contribution in [0.4, 0.5) is 0 Å². The number of benzene rings is 1. The molecule has 0 unspecified atom stereocenters. The molecule has 0 atom stereocenters. The van der Waals surface area contributed by atoms with Crippen LogP contribution in [0, 0.1) is 0 Å². The van der Waals surface area contributed by atoms with Gasteiger partial charge in [-0.15, -0.1) is 0 Å². The van der Waals surface area contributed by atoms with Crippen molar-refractivity contribution in [2.75, 3.05) is 13.1 Å². The number of hydrogen-bond acceptors (Lipinski definition) is 2. The fourth-order valence-electron chi connectivity index (χ4n) is 1.46. The molecule has 94 valence electrons. The Kier molecular flexibility index (Phi) is 4.91. The molecule has 1 rings (SSSR count). The summed E-state index contributed by atoms with van der Waals surface area (Å²) in [6.07, 6.45) is 0. The predicted molar refractivity (Wildman–Crippen MR) is 73.4 cm³/mol. The van der Waals surface area contributed by atoms with Gasteiger partial charge in [-0.2, -0.15) is 4.31 Å². The Hall–Kier alpha value is -0.650. The molecule has 0 spiro atoms. The summed E-state index contributed by atoms with van der Waals surface area (Å²) in [4.78, 5) is 0.295. The van der Waals surface area contributed by atoms with E-state index >= 15 is 0 Å². The Morgan fingerprint density at radius 2 is 2.00 bits per heavy atom. The van der Waals surface area contributed by atoms with Gasteiger partial charge in [0, 0.05) is 17.6 Å². The summed E-state index contributed by atoms with van der Waals surface area (Å²) in [5.41, 5.74) is 0.822. The number of likely N-dealkylation sites (N-methyl/N-ethyl adjacent to an activating group) is 1. The van der Waals surface area contributed by atoms with E-state index in [0.29, 0.717) is 22.5 Å². The Labute approximate surface area is 111 Å². The van der Waals surface area contributed by atoms with Gasteiger partial charge in [0.1, 0.15) is 0 Å². The molecule has 5 heteroatoms. The fourth-order valence-corrected chi connectivity index (χ4v) is 3.93. The molecule has 0 aliphatic carbocycles. The first-order chi connectivity index (χ1) is 7.89. The quantitative estimate of drug-likeness (QED) is 0.783. The number of halogens is 1.